The number of fused-ring (bicyclic) bond motifs is 1. The number of benzene rings is 1. The van der Waals surface area contributed by atoms with E-state index >= 15 is 0 Å². The number of ether oxygens (including phenoxy) is 3. The highest BCUT2D eigenvalue weighted by molar-refractivity contribution is 6.31. The Morgan fingerprint density at radius 1 is 1.19 bits per heavy atom. The molecule has 0 bridgehead atoms. The zero-order chi connectivity index (χ0) is 27.0. The largest absolute Gasteiger partial charge is 0.510 e. The van der Waals surface area contributed by atoms with E-state index in [4.69, 9.17) is 25.8 Å². The minimum absolute atomic E-state index is 0.0272. The van der Waals surface area contributed by atoms with Gasteiger partial charge in [0.2, 0.25) is 5.91 Å². The lowest BCUT2D eigenvalue weighted by molar-refractivity contribution is -0.137. The zero-order valence-electron chi connectivity index (χ0n) is 19.9. The van der Waals surface area contributed by atoms with Crippen molar-refractivity contribution in [2.24, 2.45) is 0 Å². The van der Waals surface area contributed by atoms with Crippen molar-refractivity contribution in [1.29, 1.82) is 0 Å². The molecule has 0 spiro atoms. The number of carbonyl (C=O) groups excluding carboxylic acids is 4. The second-order valence-corrected chi connectivity index (χ2v) is 9.70. The van der Waals surface area contributed by atoms with Gasteiger partial charge in [0, 0.05) is 32.4 Å². The van der Waals surface area contributed by atoms with E-state index in [1.165, 1.54) is 17.9 Å². The number of alkyl halides is 3. The quantitative estimate of drug-likeness (QED) is 0.427. The molecule has 1 aromatic carbocycles. The van der Waals surface area contributed by atoms with Gasteiger partial charge >= 0.3 is 18.4 Å². The molecule has 1 N–H and O–H groups in total. The van der Waals surface area contributed by atoms with Crippen LogP contribution in [0.2, 0.25) is 5.02 Å². The molecule has 37 heavy (non-hydrogen) atoms. The van der Waals surface area contributed by atoms with E-state index in [-0.39, 0.29) is 32.0 Å². The van der Waals surface area contributed by atoms with Crippen LogP contribution in [0.15, 0.2) is 12.1 Å². The van der Waals surface area contributed by atoms with E-state index in [1.807, 2.05) is 0 Å². The van der Waals surface area contributed by atoms with Crippen LogP contribution >= 0.6 is 11.6 Å². The fourth-order valence-corrected chi connectivity index (χ4v) is 4.74. The first-order chi connectivity index (χ1) is 17.4. The predicted octanol–water partition coefficient (Wildman–Crippen LogP) is 3.58. The summed E-state index contributed by atoms with van der Waals surface area (Å²) in [4.78, 5) is 52.0. The summed E-state index contributed by atoms with van der Waals surface area (Å²) in [5, 5.41) is 2.07. The number of amides is 4. The Bertz CT molecular complexity index is 1110. The van der Waals surface area contributed by atoms with E-state index in [2.05, 4.69) is 5.32 Å². The average Bonchev–Trinajstić information content (AvgIpc) is 3.33. The number of urea groups is 1. The first kappa shape index (κ1) is 27.0. The number of nitrogens with zero attached hydrogens (tertiary/aromatic N) is 2. The van der Waals surface area contributed by atoms with Crippen LogP contribution in [-0.2, 0) is 43.1 Å². The maximum atomic E-state index is 13.1. The molecule has 0 aliphatic carbocycles. The predicted molar refractivity (Wildman–Crippen MR) is 120 cm³/mol. The van der Waals surface area contributed by atoms with Gasteiger partial charge in [-0.2, -0.15) is 13.2 Å². The van der Waals surface area contributed by atoms with Crippen molar-refractivity contribution >= 4 is 35.6 Å². The molecule has 0 radical (unpaired) electrons. The highest BCUT2D eigenvalue weighted by Crippen LogP contribution is 2.38. The van der Waals surface area contributed by atoms with Crippen LogP contribution in [0.3, 0.4) is 0 Å². The van der Waals surface area contributed by atoms with Crippen LogP contribution in [0, 0.1) is 0 Å². The molecule has 1 aromatic rings. The van der Waals surface area contributed by atoms with Crippen molar-refractivity contribution in [2.75, 3.05) is 19.9 Å². The summed E-state index contributed by atoms with van der Waals surface area (Å²) in [5.74, 6) is -1.09. The van der Waals surface area contributed by atoms with Crippen LogP contribution in [-0.4, -0.2) is 65.4 Å². The molecule has 0 aromatic heterocycles. The van der Waals surface area contributed by atoms with E-state index in [1.54, 1.807) is 0 Å². The van der Waals surface area contributed by atoms with E-state index in [0.29, 0.717) is 42.1 Å². The normalized spacial score (nSPS) is 22.2. The van der Waals surface area contributed by atoms with E-state index < -0.39 is 53.0 Å². The standard InChI is InChI=1S/C23H25ClF3N3O7/c1-22(19(32)30(20(33)28-22)12-36-21(34)37-15-3-6-35-7-4-15)5-2-18(31)29-10-13-8-16(23(25,26)27)17(24)9-14(13)11-29/h8-9,15H,2-7,10-12H2,1H3,(H,28,33)/t22-/m1/s1. The maximum Gasteiger partial charge on any atom is 0.510 e. The molecular weight excluding hydrogens is 523 g/mol. The molecule has 202 valence electrons. The monoisotopic (exact) mass is 547 g/mol. The van der Waals surface area contributed by atoms with Gasteiger partial charge in [-0.1, -0.05) is 11.6 Å². The van der Waals surface area contributed by atoms with Crippen LogP contribution in [0.25, 0.3) is 0 Å². The summed E-state index contributed by atoms with van der Waals surface area (Å²) >= 11 is 5.77. The Hall–Kier alpha value is -3.06. The highest BCUT2D eigenvalue weighted by Gasteiger charge is 2.48. The van der Waals surface area contributed by atoms with Gasteiger partial charge in [-0.05, 0) is 36.6 Å². The van der Waals surface area contributed by atoms with Gasteiger partial charge in [-0.3, -0.25) is 9.59 Å². The fraction of sp³-hybridized carbons (Fsp3) is 0.565. The number of hydrogen-bond acceptors (Lipinski definition) is 7. The van der Waals surface area contributed by atoms with Gasteiger partial charge in [0.15, 0.2) is 6.73 Å². The Balaban J connectivity index is 1.29. The average molecular weight is 548 g/mol. The van der Waals surface area contributed by atoms with E-state index in [0.717, 1.165) is 6.07 Å². The lowest BCUT2D eigenvalue weighted by Gasteiger charge is -2.23. The fourth-order valence-electron chi connectivity index (χ4n) is 4.44. The Morgan fingerprint density at radius 2 is 1.84 bits per heavy atom. The second kappa shape index (κ2) is 10.4. The smallest absolute Gasteiger partial charge is 0.431 e. The minimum atomic E-state index is -4.61. The van der Waals surface area contributed by atoms with Gasteiger partial charge in [0.05, 0.1) is 23.8 Å². The van der Waals surface area contributed by atoms with Gasteiger partial charge in [-0.25, -0.2) is 14.5 Å². The summed E-state index contributed by atoms with van der Waals surface area (Å²) in [6, 6.07) is 1.36. The van der Waals surface area contributed by atoms with Crippen LogP contribution in [0.5, 0.6) is 0 Å². The third-order valence-electron chi connectivity index (χ3n) is 6.60. The van der Waals surface area contributed by atoms with Crippen molar-refractivity contribution in [1.82, 2.24) is 15.1 Å². The molecule has 3 heterocycles. The molecule has 2 fully saturated rings. The van der Waals surface area contributed by atoms with Gasteiger partial charge in [-0.15, -0.1) is 0 Å². The van der Waals surface area contributed by atoms with Crippen molar-refractivity contribution in [3.8, 4) is 0 Å². The van der Waals surface area contributed by atoms with E-state index in [9.17, 15) is 32.3 Å². The summed E-state index contributed by atoms with van der Waals surface area (Å²) in [6.45, 7) is 1.75. The second-order valence-electron chi connectivity index (χ2n) is 9.30. The number of halogens is 4. The number of rotatable bonds is 6. The first-order valence-corrected chi connectivity index (χ1v) is 12.0. The SMILES string of the molecule is C[C@]1(CCC(=O)N2Cc3cc(Cl)c(C(F)(F)F)cc3C2)NC(=O)N(COC(=O)OC2CCOCC2)C1=O. The van der Waals surface area contributed by atoms with Crippen LogP contribution < -0.4 is 5.32 Å². The molecule has 10 nitrogen and oxygen atoms in total. The molecule has 4 rings (SSSR count). The van der Waals surface area contributed by atoms with Crippen LogP contribution in [0.1, 0.15) is 49.3 Å². The molecule has 2 saturated heterocycles. The number of imide groups is 1. The van der Waals surface area contributed by atoms with Crippen LogP contribution in [0.4, 0.5) is 22.8 Å². The first-order valence-electron chi connectivity index (χ1n) is 11.6. The lowest BCUT2D eigenvalue weighted by Crippen LogP contribution is -2.45. The molecule has 3 aliphatic rings. The Kier molecular flexibility index (Phi) is 7.56. The van der Waals surface area contributed by atoms with Crippen molar-refractivity contribution in [2.45, 2.75) is 63.5 Å². The summed E-state index contributed by atoms with van der Waals surface area (Å²) in [7, 11) is 0. The molecule has 4 amide bonds. The molecule has 3 aliphatic heterocycles. The third-order valence-corrected chi connectivity index (χ3v) is 6.91. The van der Waals surface area contributed by atoms with Gasteiger partial charge in [0.1, 0.15) is 11.6 Å². The number of nitrogens with one attached hydrogen (secondary N) is 1. The third kappa shape index (κ3) is 5.93. The topological polar surface area (TPSA) is 114 Å². The minimum Gasteiger partial charge on any atom is -0.431 e. The van der Waals surface area contributed by atoms with Crippen molar-refractivity contribution in [3.05, 3.63) is 33.8 Å². The molecule has 0 saturated carbocycles. The number of carbonyl (C=O) groups is 4. The molecule has 1 atom stereocenters. The van der Waals surface area contributed by atoms with Gasteiger partial charge in [0.25, 0.3) is 5.91 Å². The van der Waals surface area contributed by atoms with Gasteiger partial charge < -0.3 is 24.4 Å². The summed E-state index contributed by atoms with van der Waals surface area (Å²) < 4.78 is 54.7. The Morgan fingerprint density at radius 3 is 2.49 bits per heavy atom. The van der Waals surface area contributed by atoms with Crippen molar-refractivity contribution < 1.29 is 46.6 Å². The maximum absolute atomic E-state index is 13.1. The molecular formula is C23H25ClF3N3O7. The zero-order valence-corrected chi connectivity index (χ0v) is 20.6. The Labute approximate surface area is 214 Å². The lowest BCUT2D eigenvalue weighted by atomic mass is 9.95. The molecule has 14 heteroatoms. The summed E-state index contributed by atoms with van der Waals surface area (Å²) in [6.07, 6.45) is -5.19. The highest BCUT2D eigenvalue weighted by atomic mass is 35.5. The molecule has 0 unspecified atom stereocenters. The number of hydrogen-bond donors (Lipinski definition) is 1. The van der Waals surface area contributed by atoms with Crippen molar-refractivity contribution in [3.63, 3.8) is 0 Å². The summed E-state index contributed by atoms with van der Waals surface area (Å²) in [5.41, 5.74) is -1.54.